The first-order valence-corrected chi connectivity index (χ1v) is 4.96. The molecule has 0 aliphatic heterocycles. The molecule has 1 aliphatic carbocycles. The van der Waals surface area contributed by atoms with E-state index in [-0.39, 0.29) is 0 Å². The van der Waals surface area contributed by atoms with Crippen molar-refractivity contribution >= 4 is 5.95 Å². The average molecular weight is 196 g/mol. The molecule has 1 heterocycles. The highest BCUT2D eigenvalue weighted by Gasteiger charge is 2.20. The van der Waals surface area contributed by atoms with Crippen LogP contribution in [-0.4, -0.2) is 30.8 Å². The zero-order valence-corrected chi connectivity index (χ0v) is 8.66. The van der Waals surface area contributed by atoms with E-state index in [0.29, 0.717) is 18.4 Å². The molecule has 0 atom stereocenters. The SMILES string of the molecule is CN(C)c1noc(CNCC2CC2)n1. The highest BCUT2D eigenvalue weighted by molar-refractivity contribution is 5.23. The van der Waals surface area contributed by atoms with E-state index in [0.717, 1.165) is 12.5 Å². The smallest absolute Gasteiger partial charge is 0.265 e. The maximum atomic E-state index is 5.06. The number of anilines is 1. The Morgan fingerprint density at radius 2 is 2.29 bits per heavy atom. The van der Waals surface area contributed by atoms with E-state index >= 15 is 0 Å². The molecule has 14 heavy (non-hydrogen) atoms. The normalized spacial score (nSPS) is 15.9. The molecule has 78 valence electrons. The van der Waals surface area contributed by atoms with Crippen LogP contribution in [0, 0.1) is 5.92 Å². The molecule has 1 aromatic heterocycles. The Labute approximate surface area is 83.5 Å². The van der Waals surface area contributed by atoms with Crippen molar-refractivity contribution in [3.8, 4) is 0 Å². The van der Waals surface area contributed by atoms with E-state index in [4.69, 9.17) is 4.52 Å². The Hall–Kier alpha value is -1.10. The molecule has 0 saturated heterocycles. The summed E-state index contributed by atoms with van der Waals surface area (Å²) < 4.78 is 5.06. The van der Waals surface area contributed by atoms with Gasteiger partial charge in [-0.05, 0) is 30.5 Å². The van der Waals surface area contributed by atoms with Crippen LogP contribution in [0.1, 0.15) is 18.7 Å². The van der Waals surface area contributed by atoms with Crippen molar-refractivity contribution in [3.05, 3.63) is 5.89 Å². The minimum absolute atomic E-state index is 0.633. The summed E-state index contributed by atoms with van der Waals surface area (Å²) in [4.78, 5) is 6.04. The lowest BCUT2D eigenvalue weighted by atomic mass is 10.4. The fourth-order valence-corrected chi connectivity index (χ4v) is 1.20. The number of rotatable bonds is 5. The van der Waals surface area contributed by atoms with Crippen LogP contribution in [0.25, 0.3) is 0 Å². The molecule has 5 nitrogen and oxygen atoms in total. The van der Waals surface area contributed by atoms with Crippen molar-refractivity contribution in [2.75, 3.05) is 25.5 Å². The van der Waals surface area contributed by atoms with E-state index in [2.05, 4.69) is 15.5 Å². The molecular weight excluding hydrogens is 180 g/mol. The van der Waals surface area contributed by atoms with E-state index in [1.54, 1.807) is 0 Å². The van der Waals surface area contributed by atoms with Gasteiger partial charge in [-0.15, -0.1) is 0 Å². The fraction of sp³-hybridized carbons (Fsp3) is 0.778. The first-order chi connectivity index (χ1) is 6.75. The molecule has 1 aromatic rings. The molecule has 0 spiro atoms. The topological polar surface area (TPSA) is 54.2 Å². The molecule has 1 aliphatic rings. The van der Waals surface area contributed by atoms with Crippen LogP contribution in [0.5, 0.6) is 0 Å². The van der Waals surface area contributed by atoms with E-state index < -0.39 is 0 Å². The van der Waals surface area contributed by atoms with Crippen LogP contribution in [-0.2, 0) is 6.54 Å². The summed E-state index contributed by atoms with van der Waals surface area (Å²) in [6.45, 7) is 1.75. The summed E-state index contributed by atoms with van der Waals surface area (Å²) >= 11 is 0. The molecule has 2 rings (SSSR count). The summed E-state index contributed by atoms with van der Waals surface area (Å²) in [6.07, 6.45) is 2.72. The van der Waals surface area contributed by atoms with Gasteiger partial charge in [-0.1, -0.05) is 0 Å². The molecule has 1 fully saturated rings. The van der Waals surface area contributed by atoms with Gasteiger partial charge in [0.2, 0.25) is 5.89 Å². The highest BCUT2D eigenvalue weighted by atomic mass is 16.5. The van der Waals surface area contributed by atoms with Crippen LogP contribution < -0.4 is 10.2 Å². The van der Waals surface area contributed by atoms with Crippen molar-refractivity contribution in [2.45, 2.75) is 19.4 Å². The zero-order valence-electron chi connectivity index (χ0n) is 8.66. The fourth-order valence-electron chi connectivity index (χ4n) is 1.20. The summed E-state index contributed by atoms with van der Waals surface area (Å²) in [5, 5.41) is 7.13. The molecule has 0 unspecified atom stereocenters. The molecule has 1 N–H and O–H groups in total. The molecule has 0 amide bonds. The zero-order chi connectivity index (χ0) is 9.97. The van der Waals surface area contributed by atoms with Crippen molar-refractivity contribution in [1.29, 1.82) is 0 Å². The van der Waals surface area contributed by atoms with Crippen molar-refractivity contribution in [3.63, 3.8) is 0 Å². The predicted octanol–water partition coefficient (Wildman–Crippen LogP) is 0.635. The van der Waals surface area contributed by atoms with Crippen molar-refractivity contribution in [1.82, 2.24) is 15.5 Å². The van der Waals surface area contributed by atoms with Crippen LogP contribution in [0.4, 0.5) is 5.95 Å². The standard InChI is InChI=1S/C9H16N4O/c1-13(2)9-11-8(14-12-9)6-10-5-7-3-4-7/h7,10H,3-6H2,1-2H3. The van der Waals surface area contributed by atoms with E-state index in [9.17, 15) is 0 Å². The largest absolute Gasteiger partial charge is 0.344 e. The van der Waals surface area contributed by atoms with Gasteiger partial charge in [-0.3, -0.25) is 0 Å². The Bertz CT molecular complexity index is 293. The van der Waals surface area contributed by atoms with Gasteiger partial charge in [0, 0.05) is 14.1 Å². The third kappa shape index (κ3) is 2.45. The third-order valence-corrected chi connectivity index (χ3v) is 2.26. The summed E-state index contributed by atoms with van der Waals surface area (Å²) in [6, 6.07) is 0. The third-order valence-electron chi connectivity index (χ3n) is 2.26. The number of nitrogens with zero attached hydrogens (tertiary/aromatic N) is 3. The lowest BCUT2D eigenvalue weighted by Gasteiger charge is -2.02. The Morgan fingerprint density at radius 1 is 1.50 bits per heavy atom. The van der Waals surface area contributed by atoms with Gasteiger partial charge in [0.1, 0.15) is 0 Å². The second-order valence-corrected chi connectivity index (χ2v) is 3.96. The molecule has 0 radical (unpaired) electrons. The monoisotopic (exact) mass is 196 g/mol. The van der Waals surface area contributed by atoms with Crippen molar-refractivity contribution in [2.24, 2.45) is 5.92 Å². The number of nitrogens with one attached hydrogen (secondary N) is 1. The summed E-state index contributed by atoms with van der Waals surface area (Å²) in [5.74, 6) is 2.17. The van der Waals surface area contributed by atoms with Gasteiger partial charge in [-0.2, -0.15) is 4.98 Å². The quantitative estimate of drug-likeness (QED) is 0.748. The number of aromatic nitrogens is 2. The molecular formula is C9H16N4O. The van der Waals surface area contributed by atoms with Gasteiger partial charge < -0.3 is 14.7 Å². The van der Waals surface area contributed by atoms with Gasteiger partial charge in [0.25, 0.3) is 5.95 Å². The van der Waals surface area contributed by atoms with Crippen LogP contribution >= 0.6 is 0 Å². The minimum Gasteiger partial charge on any atom is -0.344 e. The van der Waals surface area contributed by atoms with Crippen molar-refractivity contribution < 1.29 is 4.52 Å². The highest BCUT2D eigenvalue weighted by Crippen LogP contribution is 2.27. The Kier molecular flexibility index (Phi) is 2.67. The molecule has 0 bridgehead atoms. The van der Waals surface area contributed by atoms with Crippen LogP contribution in [0.2, 0.25) is 0 Å². The van der Waals surface area contributed by atoms with Crippen LogP contribution in [0.3, 0.4) is 0 Å². The second-order valence-electron chi connectivity index (χ2n) is 3.96. The van der Waals surface area contributed by atoms with Gasteiger partial charge in [-0.25, -0.2) is 0 Å². The average Bonchev–Trinajstić information content (AvgIpc) is 2.82. The molecule has 5 heteroatoms. The first kappa shape index (κ1) is 9.45. The van der Waals surface area contributed by atoms with Gasteiger partial charge in [0.15, 0.2) is 0 Å². The Morgan fingerprint density at radius 3 is 2.86 bits per heavy atom. The maximum absolute atomic E-state index is 5.06. The summed E-state index contributed by atoms with van der Waals surface area (Å²) in [7, 11) is 3.79. The van der Waals surface area contributed by atoms with E-state index in [1.165, 1.54) is 12.8 Å². The molecule has 1 saturated carbocycles. The van der Waals surface area contributed by atoms with Gasteiger partial charge in [0.05, 0.1) is 6.54 Å². The number of hydrogen-bond acceptors (Lipinski definition) is 5. The maximum Gasteiger partial charge on any atom is 0.265 e. The minimum atomic E-state index is 0.633. The lowest BCUT2D eigenvalue weighted by molar-refractivity contribution is 0.366. The Balaban J connectivity index is 1.77. The predicted molar refractivity (Wildman–Crippen MR) is 53.1 cm³/mol. The number of hydrogen-bond donors (Lipinski definition) is 1. The summed E-state index contributed by atoms with van der Waals surface area (Å²) in [5.41, 5.74) is 0. The van der Waals surface area contributed by atoms with E-state index in [1.807, 2.05) is 19.0 Å². The lowest BCUT2D eigenvalue weighted by Crippen LogP contribution is -2.16. The first-order valence-electron chi connectivity index (χ1n) is 4.96. The van der Waals surface area contributed by atoms with Gasteiger partial charge >= 0.3 is 0 Å². The molecule has 0 aromatic carbocycles. The second kappa shape index (κ2) is 3.96. The van der Waals surface area contributed by atoms with Crippen LogP contribution in [0.15, 0.2) is 4.52 Å².